The molecule has 2 rings (SSSR count). The van der Waals surface area contributed by atoms with E-state index in [9.17, 15) is 4.79 Å². The van der Waals surface area contributed by atoms with Crippen LogP contribution in [0.15, 0.2) is 28.7 Å². The normalized spacial score (nSPS) is 10.6. The maximum atomic E-state index is 12.5. The molecule has 0 unspecified atom stereocenters. The topological polar surface area (TPSA) is 72.4 Å². The molecule has 0 atom stereocenters. The van der Waals surface area contributed by atoms with Crippen LogP contribution in [0.1, 0.15) is 34.6 Å². The fourth-order valence-corrected chi connectivity index (χ4v) is 2.11. The van der Waals surface area contributed by atoms with Gasteiger partial charge in [-0.1, -0.05) is 12.1 Å². The molecule has 0 fully saturated rings. The number of anilines is 1. The van der Waals surface area contributed by atoms with Gasteiger partial charge in [-0.05, 0) is 31.5 Å². The molecule has 1 heterocycles. The molecule has 5 heteroatoms. The van der Waals surface area contributed by atoms with E-state index in [1.807, 2.05) is 31.2 Å². The molecule has 0 aliphatic heterocycles. The number of rotatable bonds is 4. The monoisotopic (exact) mass is 273 g/mol. The van der Waals surface area contributed by atoms with Gasteiger partial charge in [-0.25, -0.2) is 4.98 Å². The lowest BCUT2D eigenvalue weighted by Crippen LogP contribution is -2.30. The number of nitrogen functional groups attached to an aromatic ring is 1. The van der Waals surface area contributed by atoms with Crippen LogP contribution in [0.2, 0.25) is 0 Å². The highest BCUT2D eigenvalue weighted by Crippen LogP contribution is 2.15. The number of benzene rings is 1. The van der Waals surface area contributed by atoms with Crippen molar-refractivity contribution in [3.63, 3.8) is 0 Å². The van der Waals surface area contributed by atoms with Crippen LogP contribution in [0, 0.1) is 13.8 Å². The number of nitrogens with two attached hydrogens (primary N) is 1. The molecular weight excluding hydrogens is 254 g/mol. The molecule has 106 valence electrons. The fraction of sp³-hybridized carbons (Fsp3) is 0.333. The van der Waals surface area contributed by atoms with Crippen LogP contribution in [-0.4, -0.2) is 22.3 Å². The lowest BCUT2D eigenvalue weighted by atomic mass is 10.2. The van der Waals surface area contributed by atoms with Gasteiger partial charge in [-0.3, -0.25) is 4.79 Å². The standard InChI is InChI=1S/C15H19N3O2/c1-4-18(9-12-6-5-7-13(16)8-12)15(19)14-10(2)17-11(3)20-14/h5-8H,4,9,16H2,1-3H3. The molecule has 0 bridgehead atoms. The van der Waals surface area contributed by atoms with Gasteiger partial charge in [-0.2, -0.15) is 0 Å². The maximum Gasteiger partial charge on any atom is 0.291 e. The van der Waals surface area contributed by atoms with E-state index in [-0.39, 0.29) is 5.91 Å². The minimum atomic E-state index is -0.145. The van der Waals surface area contributed by atoms with Crippen LogP contribution >= 0.6 is 0 Å². The van der Waals surface area contributed by atoms with Crippen molar-refractivity contribution in [2.24, 2.45) is 0 Å². The Labute approximate surface area is 118 Å². The second-order valence-corrected chi connectivity index (χ2v) is 4.71. The van der Waals surface area contributed by atoms with Gasteiger partial charge in [0, 0.05) is 25.7 Å². The summed E-state index contributed by atoms with van der Waals surface area (Å²) < 4.78 is 5.39. The molecule has 1 amide bonds. The van der Waals surface area contributed by atoms with Crippen molar-refractivity contribution in [3.05, 3.63) is 47.2 Å². The summed E-state index contributed by atoms with van der Waals surface area (Å²) in [4.78, 5) is 18.3. The Kier molecular flexibility index (Phi) is 4.08. The van der Waals surface area contributed by atoms with Crippen molar-refractivity contribution in [2.75, 3.05) is 12.3 Å². The summed E-state index contributed by atoms with van der Waals surface area (Å²) in [6.07, 6.45) is 0. The number of aromatic nitrogens is 1. The Morgan fingerprint density at radius 1 is 1.40 bits per heavy atom. The van der Waals surface area contributed by atoms with Gasteiger partial charge >= 0.3 is 0 Å². The van der Waals surface area contributed by atoms with Crippen LogP contribution in [0.25, 0.3) is 0 Å². The Balaban J connectivity index is 2.20. The number of carbonyl (C=O) groups is 1. The average molecular weight is 273 g/mol. The summed E-state index contributed by atoms with van der Waals surface area (Å²) in [6.45, 7) is 6.53. The van der Waals surface area contributed by atoms with Crippen LogP contribution < -0.4 is 5.73 Å². The van der Waals surface area contributed by atoms with Gasteiger partial charge in [0.1, 0.15) is 0 Å². The van der Waals surface area contributed by atoms with Gasteiger partial charge in [-0.15, -0.1) is 0 Å². The van der Waals surface area contributed by atoms with Crippen molar-refractivity contribution in [3.8, 4) is 0 Å². The van der Waals surface area contributed by atoms with Crippen molar-refractivity contribution in [2.45, 2.75) is 27.3 Å². The molecule has 20 heavy (non-hydrogen) atoms. The highest BCUT2D eigenvalue weighted by atomic mass is 16.4. The Bertz CT molecular complexity index is 619. The smallest absolute Gasteiger partial charge is 0.291 e. The van der Waals surface area contributed by atoms with E-state index in [2.05, 4.69) is 4.98 Å². The summed E-state index contributed by atoms with van der Waals surface area (Å²) in [5.74, 6) is 0.673. The van der Waals surface area contributed by atoms with E-state index in [0.29, 0.717) is 36.1 Å². The second kappa shape index (κ2) is 5.77. The Hall–Kier alpha value is -2.30. The van der Waals surface area contributed by atoms with E-state index < -0.39 is 0 Å². The molecule has 0 aliphatic carbocycles. The van der Waals surface area contributed by atoms with Crippen LogP contribution in [0.4, 0.5) is 5.69 Å². The molecule has 1 aromatic heterocycles. The number of amides is 1. The summed E-state index contributed by atoms with van der Waals surface area (Å²) in [5.41, 5.74) is 8.07. The minimum Gasteiger partial charge on any atom is -0.436 e. The molecule has 2 aromatic rings. The first-order valence-electron chi connectivity index (χ1n) is 6.59. The molecule has 0 saturated carbocycles. The number of oxazole rings is 1. The van der Waals surface area contributed by atoms with Crippen LogP contribution in [-0.2, 0) is 6.54 Å². The average Bonchev–Trinajstić information content (AvgIpc) is 2.74. The first-order valence-corrected chi connectivity index (χ1v) is 6.59. The van der Waals surface area contributed by atoms with E-state index in [4.69, 9.17) is 10.2 Å². The van der Waals surface area contributed by atoms with Crippen LogP contribution in [0.5, 0.6) is 0 Å². The lowest BCUT2D eigenvalue weighted by Gasteiger charge is -2.20. The number of hydrogen-bond acceptors (Lipinski definition) is 4. The molecule has 0 aliphatic rings. The number of carbonyl (C=O) groups excluding carboxylic acids is 1. The lowest BCUT2D eigenvalue weighted by molar-refractivity contribution is 0.0718. The molecule has 2 N–H and O–H groups in total. The molecular formula is C15H19N3O2. The fourth-order valence-electron chi connectivity index (χ4n) is 2.11. The Morgan fingerprint density at radius 3 is 2.70 bits per heavy atom. The number of aryl methyl sites for hydroxylation is 2. The first kappa shape index (κ1) is 14.1. The van der Waals surface area contributed by atoms with Crippen LogP contribution in [0.3, 0.4) is 0 Å². The van der Waals surface area contributed by atoms with Gasteiger partial charge in [0.2, 0.25) is 5.76 Å². The minimum absolute atomic E-state index is 0.145. The van der Waals surface area contributed by atoms with Gasteiger partial charge in [0.05, 0.1) is 5.69 Å². The van der Waals surface area contributed by atoms with Gasteiger partial charge in [0.25, 0.3) is 5.91 Å². The summed E-state index contributed by atoms with van der Waals surface area (Å²) in [5, 5.41) is 0. The third kappa shape index (κ3) is 2.99. The highest BCUT2D eigenvalue weighted by molar-refractivity contribution is 5.92. The largest absolute Gasteiger partial charge is 0.436 e. The molecule has 0 radical (unpaired) electrons. The molecule has 0 saturated heterocycles. The number of hydrogen-bond donors (Lipinski definition) is 1. The molecule has 1 aromatic carbocycles. The SMILES string of the molecule is CCN(Cc1cccc(N)c1)C(=O)c1oc(C)nc1C. The highest BCUT2D eigenvalue weighted by Gasteiger charge is 2.21. The molecule has 5 nitrogen and oxygen atoms in total. The zero-order valence-corrected chi connectivity index (χ0v) is 12.0. The quantitative estimate of drug-likeness (QED) is 0.869. The zero-order valence-electron chi connectivity index (χ0n) is 12.0. The summed E-state index contributed by atoms with van der Waals surface area (Å²) in [6, 6.07) is 7.53. The predicted octanol–water partition coefficient (Wildman–Crippen LogP) is 2.54. The third-order valence-electron chi connectivity index (χ3n) is 3.09. The van der Waals surface area contributed by atoms with E-state index >= 15 is 0 Å². The Morgan fingerprint density at radius 2 is 2.15 bits per heavy atom. The first-order chi connectivity index (χ1) is 9.51. The number of nitrogens with zero attached hydrogens (tertiary/aromatic N) is 2. The molecule has 0 spiro atoms. The third-order valence-corrected chi connectivity index (χ3v) is 3.09. The van der Waals surface area contributed by atoms with Gasteiger partial charge in [0.15, 0.2) is 5.89 Å². The van der Waals surface area contributed by atoms with E-state index in [1.54, 1.807) is 18.7 Å². The summed E-state index contributed by atoms with van der Waals surface area (Å²) >= 11 is 0. The van der Waals surface area contributed by atoms with Crippen molar-refractivity contribution in [1.82, 2.24) is 9.88 Å². The zero-order chi connectivity index (χ0) is 14.7. The maximum absolute atomic E-state index is 12.5. The van der Waals surface area contributed by atoms with Crippen molar-refractivity contribution in [1.29, 1.82) is 0 Å². The second-order valence-electron chi connectivity index (χ2n) is 4.71. The van der Waals surface area contributed by atoms with E-state index in [1.165, 1.54) is 0 Å². The summed E-state index contributed by atoms with van der Waals surface area (Å²) in [7, 11) is 0. The van der Waals surface area contributed by atoms with Crippen molar-refractivity contribution < 1.29 is 9.21 Å². The van der Waals surface area contributed by atoms with Gasteiger partial charge < -0.3 is 15.1 Å². The predicted molar refractivity (Wildman–Crippen MR) is 77.2 cm³/mol. The van der Waals surface area contributed by atoms with E-state index in [0.717, 1.165) is 5.56 Å². The van der Waals surface area contributed by atoms with Crippen molar-refractivity contribution >= 4 is 11.6 Å².